The lowest BCUT2D eigenvalue weighted by atomic mass is 10.0. The summed E-state index contributed by atoms with van der Waals surface area (Å²) in [6, 6.07) is 4.85. The third kappa shape index (κ3) is 2.88. The van der Waals surface area contributed by atoms with Crippen LogP contribution in [-0.4, -0.2) is 12.0 Å². The number of thiazole rings is 1. The van der Waals surface area contributed by atoms with Crippen molar-refractivity contribution in [1.29, 1.82) is 0 Å². The van der Waals surface area contributed by atoms with Crippen molar-refractivity contribution in [1.82, 2.24) is 10.3 Å². The molecule has 96 valence electrons. The summed E-state index contributed by atoms with van der Waals surface area (Å²) in [6.07, 6.45) is 0.698. The molecule has 1 atom stereocenters. The molecule has 0 bridgehead atoms. The van der Waals surface area contributed by atoms with E-state index in [2.05, 4.69) is 10.3 Å². The van der Waals surface area contributed by atoms with Gasteiger partial charge in [0.2, 0.25) is 0 Å². The van der Waals surface area contributed by atoms with Crippen LogP contribution in [-0.2, 0) is 6.42 Å². The second-order valence-corrected chi connectivity index (χ2v) is 5.49. The molecule has 0 aliphatic heterocycles. The molecule has 18 heavy (non-hydrogen) atoms. The van der Waals surface area contributed by atoms with Gasteiger partial charge in [0.05, 0.1) is 15.7 Å². The zero-order chi connectivity index (χ0) is 13.1. The second kappa shape index (κ2) is 5.78. The smallest absolute Gasteiger partial charge is 0.142 e. The number of likely N-dealkylation sites (N-methyl/N-ethyl adjacent to an activating group) is 1. The van der Waals surface area contributed by atoms with Gasteiger partial charge < -0.3 is 5.32 Å². The molecule has 0 saturated heterocycles. The Hall–Kier alpha value is -0.970. The molecule has 2 rings (SSSR count). The van der Waals surface area contributed by atoms with E-state index >= 15 is 0 Å². The highest BCUT2D eigenvalue weighted by atomic mass is 35.5. The average Bonchev–Trinajstić information content (AvgIpc) is 2.76. The molecule has 1 heterocycles. The van der Waals surface area contributed by atoms with Crippen molar-refractivity contribution in [2.24, 2.45) is 0 Å². The first-order valence-corrected chi connectivity index (χ1v) is 6.89. The topological polar surface area (TPSA) is 24.9 Å². The number of benzene rings is 1. The molecule has 0 amide bonds. The predicted octanol–water partition coefficient (Wildman–Crippen LogP) is 3.75. The minimum absolute atomic E-state index is 0.0327. The van der Waals surface area contributed by atoms with Crippen LogP contribution in [0.4, 0.5) is 4.39 Å². The summed E-state index contributed by atoms with van der Waals surface area (Å²) in [5.41, 5.74) is 1.77. The van der Waals surface area contributed by atoms with E-state index in [1.165, 1.54) is 6.07 Å². The standard InChI is InChI=1S/C13H14ClFN2S/c1-8-17-9(7-18-8)6-12(16-2)10-4-3-5-11(15)13(10)14/h3-5,7,12,16H,6H2,1-2H3. The molecule has 0 aliphatic rings. The number of aromatic nitrogens is 1. The van der Waals surface area contributed by atoms with Crippen LogP contribution in [0.5, 0.6) is 0 Å². The minimum atomic E-state index is -0.385. The maximum atomic E-state index is 13.4. The zero-order valence-electron chi connectivity index (χ0n) is 10.2. The average molecular weight is 285 g/mol. The van der Waals surface area contributed by atoms with Crippen molar-refractivity contribution in [3.63, 3.8) is 0 Å². The number of rotatable bonds is 4. The van der Waals surface area contributed by atoms with E-state index in [-0.39, 0.29) is 16.9 Å². The molecule has 1 N–H and O–H groups in total. The number of nitrogens with zero attached hydrogens (tertiary/aromatic N) is 1. The van der Waals surface area contributed by atoms with Gasteiger partial charge in [-0.1, -0.05) is 23.7 Å². The van der Waals surface area contributed by atoms with Gasteiger partial charge in [-0.15, -0.1) is 11.3 Å². The largest absolute Gasteiger partial charge is 0.313 e. The summed E-state index contributed by atoms with van der Waals surface area (Å²) < 4.78 is 13.4. The van der Waals surface area contributed by atoms with Gasteiger partial charge in [0.15, 0.2) is 0 Å². The van der Waals surface area contributed by atoms with E-state index in [4.69, 9.17) is 11.6 Å². The fraction of sp³-hybridized carbons (Fsp3) is 0.308. The van der Waals surface area contributed by atoms with E-state index in [0.29, 0.717) is 6.42 Å². The second-order valence-electron chi connectivity index (χ2n) is 4.05. The molecule has 0 saturated carbocycles. The molecule has 1 aromatic heterocycles. The highest BCUT2D eigenvalue weighted by molar-refractivity contribution is 7.09. The van der Waals surface area contributed by atoms with Gasteiger partial charge in [-0.3, -0.25) is 0 Å². The van der Waals surface area contributed by atoms with Gasteiger partial charge in [0.25, 0.3) is 0 Å². The summed E-state index contributed by atoms with van der Waals surface area (Å²) in [5.74, 6) is -0.385. The zero-order valence-corrected chi connectivity index (χ0v) is 11.8. The first-order chi connectivity index (χ1) is 8.61. The Labute approximate surface area is 115 Å². The Morgan fingerprint density at radius 2 is 2.28 bits per heavy atom. The van der Waals surface area contributed by atoms with Gasteiger partial charge in [-0.05, 0) is 25.6 Å². The lowest BCUT2D eigenvalue weighted by molar-refractivity contribution is 0.573. The van der Waals surface area contributed by atoms with Crippen molar-refractivity contribution in [2.45, 2.75) is 19.4 Å². The summed E-state index contributed by atoms with van der Waals surface area (Å²) in [7, 11) is 1.84. The van der Waals surface area contributed by atoms with Gasteiger partial charge in [0, 0.05) is 17.8 Å². The molecule has 2 nitrogen and oxygen atoms in total. The summed E-state index contributed by atoms with van der Waals surface area (Å²) in [4.78, 5) is 4.42. The molecular weight excluding hydrogens is 271 g/mol. The minimum Gasteiger partial charge on any atom is -0.313 e. The Kier molecular flexibility index (Phi) is 4.32. The maximum absolute atomic E-state index is 13.4. The van der Waals surface area contributed by atoms with Crippen molar-refractivity contribution in [3.05, 3.63) is 50.7 Å². The molecule has 1 aromatic carbocycles. The molecule has 0 radical (unpaired) electrons. The monoisotopic (exact) mass is 284 g/mol. The van der Waals surface area contributed by atoms with E-state index < -0.39 is 0 Å². The third-order valence-electron chi connectivity index (χ3n) is 2.79. The first kappa shape index (κ1) is 13.5. The van der Waals surface area contributed by atoms with Crippen LogP contribution in [0.2, 0.25) is 5.02 Å². The van der Waals surface area contributed by atoms with Crippen molar-refractivity contribution >= 4 is 22.9 Å². The maximum Gasteiger partial charge on any atom is 0.142 e. The van der Waals surface area contributed by atoms with Crippen molar-refractivity contribution in [2.75, 3.05) is 7.05 Å². The number of aryl methyl sites for hydroxylation is 1. The Bertz CT molecular complexity index is 542. The lowest BCUT2D eigenvalue weighted by Crippen LogP contribution is -2.19. The van der Waals surface area contributed by atoms with E-state index in [1.54, 1.807) is 17.4 Å². The third-order valence-corrected chi connectivity index (χ3v) is 4.01. The van der Waals surface area contributed by atoms with E-state index in [1.807, 2.05) is 25.4 Å². The Morgan fingerprint density at radius 1 is 1.50 bits per heavy atom. The van der Waals surface area contributed by atoms with Crippen molar-refractivity contribution < 1.29 is 4.39 Å². The van der Waals surface area contributed by atoms with Crippen LogP contribution in [0, 0.1) is 12.7 Å². The first-order valence-electron chi connectivity index (χ1n) is 5.64. The molecule has 0 fully saturated rings. The highest BCUT2D eigenvalue weighted by Gasteiger charge is 2.16. The van der Waals surface area contributed by atoms with Crippen LogP contribution in [0.25, 0.3) is 0 Å². The molecule has 0 spiro atoms. The summed E-state index contributed by atoms with van der Waals surface area (Å²) in [6.45, 7) is 1.97. The van der Waals surface area contributed by atoms with Gasteiger partial charge in [0.1, 0.15) is 5.82 Å². The number of hydrogen-bond acceptors (Lipinski definition) is 3. The van der Waals surface area contributed by atoms with Crippen LogP contribution in [0.15, 0.2) is 23.6 Å². The van der Waals surface area contributed by atoms with Gasteiger partial charge in [-0.2, -0.15) is 0 Å². The Balaban J connectivity index is 2.25. The van der Waals surface area contributed by atoms with Crippen LogP contribution in [0.3, 0.4) is 0 Å². The van der Waals surface area contributed by atoms with Gasteiger partial charge in [-0.25, -0.2) is 9.37 Å². The van der Waals surface area contributed by atoms with Crippen LogP contribution < -0.4 is 5.32 Å². The summed E-state index contributed by atoms with van der Waals surface area (Å²) in [5, 5.41) is 6.40. The Morgan fingerprint density at radius 3 is 2.89 bits per heavy atom. The molecular formula is C13H14ClFN2S. The molecule has 0 aliphatic carbocycles. The van der Waals surface area contributed by atoms with E-state index in [0.717, 1.165) is 16.3 Å². The van der Waals surface area contributed by atoms with Gasteiger partial charge >= 0.3 is 0 Å². The number of nitrogens with one attached hydrogen (secondary N) is 1. The molecule has 1 unspecified atom stereocenters. The van der Waals surface area contributed by atoms with E-state index in [9.17, 15) is 4.39 Å². The molecule has 5 heteroatoms. The number of halogens is 2. The fourth-order valence-corrected chi connectivity index (χ4v) is 2.75. The highest BCUT2D eigenvalue weighted by Crippen LogP contribution is 2.28. The fourth-order valence-electron chi connectivity index (χ4n) is 1.87. The van der Waals surface area contributed by atoms with Crippen LogP contribution in [0.1, 0.15) is 22.3 Å². The number of hydrogen-bond donors (Lipinski definition) is 1. The summed E-state index contributed by atoms with van der Waals surface area (Å²) >= 11 is 7.62. The van der Waals surface area contributed by atoms with Crippen molar-refractivity contribution in [3.8, 4) is 0 Å². The SMILES string of the molecule is CNC(Cc1csc(C)n1)c1cccc(F)c1Cl. The predicted molar refractivity (Wildman–Crippen MR) is 73.8 cm³/mol. The van der Waals surface area contributed by atoms with Crippen LogP contribution >= 0.6 is 22.9 Å². The lowest BCUT2D eigenvalue weighted by Gasteiger charge is -2.17. The normalized spacial score (nSPS) is 12.7. The quantitative estimate of drug-likeness (QED) is 0.925. The molecule has 2 aromatic rings.